The van der Waals surface area contributed by atoms with Crippen LogP contribution in [0.2, 0.25) is 0 Å². The first-order chi connectivity index (χ1) is 11.7. The van der Waals surface area contributed by atoms with Crippen LogP contribution in [0.3, 0.4) is 0 Å². The summed E-state index contributed by atoms with van der Waals surface area (Å²) in [6.45, 7) is 2.42. The number of rotatable bonds is 2. The molecule has 2 atom stereocenters. The molecule has 2 unspecified atom stereocenters. The van der Waals surface area contributed by atoms with E-state index in [1.807, 2.05) is 37.3 Å². The van der Waals surface area contributed by atoms with E-state index in [1.54, 1.807) is 0 Å². The Kier molecular flexibility index (Phi) is 3.94. The number of para-hydroxylation sites is 1. The topological polar surface area (TPSA) is 31.2 Å². The number of fused-ring (bicyclic) bond motifs is 3. The maximum absolute atomic E-state index is 6.35. The normalized spacial score (nSPS) is 20.7. The maximum Gasteiger partial charge on any atom is 0.161 e. The Balaban J connectivity index is 1.89. The number of alkyl halides is 1. The van der Waals surface area contributed by atoms with Gasteiger partial charge in [-0.15, -0.1) is 16.7 Å². The molecular weight excluding hydrogens is 343 g/mol. The van der Waals surface area contributed by atoms with E-state index in [0.29, 0.717) is 6.54 Å². The number of hydrazone groups is 1. The molecule has 6 heteroatoms. The van der Waals surface area contributed by atoms with Crippen LogP contribution >= 0.6 is 23.4 Å². The van der Waals surface area contributed by atoms with Crippen LogP contribution in [0.25, 0.3) is 0 Å². The summed E-state index contributed by atoms with van der Waals surface area (Å²) in [4.78, 5) is 6.95. The first-order valence-electron chi connectivity index (χ1n) is 7.83. The molecule has 0 amide bonds. The average molecular weight is 359 g/mol. The van der Waals surface area contributed by atoms with Gasteiger partial charge in [0.15, 0.2) is 12.0 Å². The first-order valence-corrected chi connectivity index (χ1v) is 8.60. The Morgan fingerprint density at radius 2 is 1.79 bits per heavy atom. The maximum atomic E-state index is 6.35. The molecule has 2 aliphatic heterocycles. The van der Waals surface area contributed by atoms with Gasteiger partial charge in [0, 0.05) is 22.9 Å². The van der Waals surface area contributed by atoms with Crippen LogP contribution in [0.5, 0.6) is 0 Å². The zero-order chi connectivity index (χ0) is 16.7. The number of benzene rings is 2. The highest BCUT2D eigenvalue weighted by Gasteiger charge is 2.39. The number of halogens is 2. The molecule has 2 heterocycles. The molecule has 2 aromatic rings. The number of amidine groups is 1. The third-order valence-electron chi connectivity index (χ3n) is 4.22. The molecule has 0 radical (unpaired) electrons. The number of anilines is 1. The van der Waals surface area contributed by atoms with Crippen molar-refractivity contribution in [2.45, 2.75) is 18.5 Å². The van der Waals surface area contributed by atoms with Crippen molar-refractivity contribution in [2.75, 3.05) is 11.4 Å². The largest absolute Gasteiger partial charge is 0.301 e. The molecule has 2 aromatic carbocycles. The fourth-order valence-corrected chi connectivity index (χ4v) is 3.52. The summed E-state index contributed by atoms with van der Waals surface area (Å²) >= 11 is 12.7. The molecule has 0 bridgehead atoms. The van der Waals surface area contributed by atoms with Gasteiger partial charge in [0.05, 0.1) is 23.3 Å². The number of aliphatic imine (C=N–C) groups is 1. The van der Waals surface area contributed by atoms with Gasteiger partial charge in [-0.25, -0.2) is 0 Å². The lowest BCUT2D eigenvalue weighted by molar-refractivity contribution is 0.401. The lowest BCUT2D eigenvalue weighted by atomic mass is 10.00. The number of hydrogen-bond donors (Lipinski definition) is 0. The predicted octanol–water partition coefficient (Wildman–Crippen LogP) is 4.08. The third-order valence-corrected chi connectivity index (χ3v) is 4.72. The minimum atomic E-state index is -0.248. The lowest BCUT2D eigenvalue weighted by Gasteiger charge is -2.28. The summed E-state index contributed by atoms with van der Waals surface area (Å²) in [6.07, 6.45) is -0.176. The molecule has 0 fully saturated rings. The third kappa shape index (κ3) is 2.46. The molecule has 0 aliphatic carbocycles. The van der Waals surface area contributed by atoms with E-state index in [4.69, 9.17) is 28.4 Å². The Labute approximate surface area is 151 Å². The molecule has 122 valence electrons. The van der Waals surface area contributed by atoms with Crippen molar-refractivity contribution >= 4 is 40.6 Å². The second-order valence-corrected chi connectivity index (χ2v) is 6.79. The van der Waals surface area contributed by atoms with E-state index < -0.39 is 0 Å². The van der Waals surface area contributed by atoms with Crippen molar-refractivity contribution < 1.29 is 0 Å². The fraction of sp³-hybridized carbons (Fsp3) is 0.222. The molecule has 2 aliphatic rings. The monoisotopic (exact) mass is 358 g/mol. The Morgan fingerprint density at radius 3 is 2.54 bits per heavy atom. The highest BCUT2D eigenvalue weighted by Crippen LogP contribution is 2.35. The standard InChI is InChI=1S/C18H16Cl2N4/c1-12(19)18-22-24(20)16-11-21-17(13-7-3-2-4-8-13)14-9-5-6-10-15(14)23(16)18/h2-10,12,16H,11H2,1H3. The van der Waals surface area contributed by atoms with E-state index in [-0.39, 0.29) is 11.5 Å². The summed E-state index contributed by atoms with van der Waals surface area (Å²) in [5, 5.41) is 4.16. The molecule has 0 saturated carbocycles. The number of nitrogens with zero attached hydrogens (tertiary/aromatic N) is 4. The second-order valence-electron chi connectivity index (χ2n) is 5.79. The van der Waals surface area contributed by atoms with Crippen LogP contribution in [0.4, 0.5) is 5.69 Å². The van der Waals surface area contributed by atoms with Gasteiger partial charge in [0.2, 0.25) is 0 Å². The molecule has 0 spiro atoms. The highest BCUT2D eigenvalue weighted by atomic mass is 35.5. The summed E-state index contributed by atoms with van der Waals surface area (Å²) in [6, 6.07) is 18.4. The quantitative estimate of drug-likeness (QED) is 0.598. The Morgan fingerprint density at radius 1 is 1.08 bits per heavy atom. The zero-order valence-electron chi connectivity index (χ0n) is 13.1. The minimum Gasteiger partial charge on any atom is -0.301 e. The number of hydrogen-bond acceptors (Lipinski definition) is 4. The van der Waals surface area contributed by atoms with Crippen LogP contribution in [0.1, 0.15) is 18.1 Å². The van der Waals surface area contributed by atoms with Crippen molar-refractivity contribution in [3.8, 4) is 0 Å². The molecular formula is C18H16Cl2N4. The molecule has 0 N–H and O–H groups in total. The predicted molar refractivity (Wildman–Crippen MR) is 100 cm³/mol. The summed E-state index contributed by atoms with van der Waals surface area (Å²) in [5.74, 6) is 0.744. The summed E-state index contributed by atoms with van der Waals surface area (Å²) in [7, 11) is 0. The van der Waals surface area contributed by atoms with Gasteiger partial charge in [0.25, 0.3) is 0 Å². The van der Waals surface area contributed by atoms with Gasteiger partial charge in [-0.1, -0.05) is 48.5 Å². The van der Waals surface area contributed by atoms with Crippen LogP contribution in [0.15, 0.2) is 64.7 Å². The smallest absolute Gasteiger partial charge is 0.161 e. The minimum absolute atomic E-state index is 0.176. The van der Waals surface area contributed by atoms with Gasteiger partial charge >= 0.3 is 0 Å². The first kappa shape index (κ1) is 15.5. The van der Waals surface area contributed by atoms with Gasteiger partial charge in [-0.2, -0.15) is 4.53 Å². The van der Waals surface area contributed by atoms with Crippen LogP contribution < -0.4 is 4.90 Å². The Bertz CT molecular complexity index is 817. The second kappa shape index (κ2) is 6.11. The van der Waals surface area contributed by atoms with E-state index in [0.717, 1.165) is 28.4 Å². The van der Waals surface area contributed by atoms with Crippen molar-refractivity contribution in [3.05, 3.63) is 65.7 Å². The molecule has 24 heavy (non-hydrogen) atoms. The van der Waals surface area contributed by atoms with Crippen molar-refractivity contribution in [2.24, 2.45) is 10.1 Å². The lowest BCUT2D eigenvalue weighted by Crippen LogP contribution is -2.43. The molecule has 0 saturated heterocycles. The van der Waals surface area contributed by atoms with Crippen molar-refractivity contribution in [1.29, 1.82) is 0 Å². The van der Waals surface area contributed by atoms with Crippen molar-refractivity contribution in [3.63, 3.8) is 0 Å². The fourth-order valence-electron chi connectivity index (χ4n) is 3.15. The summed E-state index contributed by atoms with van der Waals surface area (Å²) in [5.41, 5.74) is 4.14. The van der Waals surface area contributed by atoms with Crippen molar-refractivity contribution in [1.82, 2.24) is 4.53 Å². The average Bonchev–Trinajstić information content (AvgIpc) is 2.83. The van der Waals surface area contributed by atoms with E-state index in [1.165, 1.54) is 4.53 Å². The van der Waals surface area contributed by atoms with Gasteiger partial charge in [-0.3, -0.25) is 4.99 Å². The molecule has 0 aromatic heterocycles. The Hall–Kier alpha value is -2.04. The highest BCUT2D eigenvalue weighted by molar-refractivity contribution is 6.35. The molecule has 4 rings (SSSR count). The van der Waals surface area contributed by atoms with Crippen LogP contribution in [-0.2, 0) is 0 Å². The van der Waals surface area contributed by atoms with Gasteiger partial charge in [-0.05, 0) is 13.0 Å². The SMILES string of the molecule is CC(Cl)C1=NN(Cl)C2CN=C(c3ccccc3)c3ccccc3N12. The van der Waals surface area contributed by atoms with Crippen LogP contribution in [0, 0.1) is 0 Å². The molecule has 4 nitrogen and oxygen atoms in total. The van der Waals surface area contributed by atoms with Gasteiger partial charge in [0.1, 0.15) is 0 Å². The summed E-state index contributed by atoms with van der Waals surface area (Å²) < 4.78 is 1.43. The van der Waals surface area contributed by atoms with Gasteiger partial charge < -0.3 is 4.90 Å². The van der Waals surface area contributed by atoms with E-state index >= 15 is 0 Å². The van der Waals surface area contributed by atoms with Crippen LogP contribution in [-0.4, -0.2) is 34.2 Å². The van der Waals surface area contributed by atoms with E-state index in [2.05, 4.69) is 34.3 Å². The zero-order valence-corrected chi connectivity index (χ0v) is 14.6. The van der Waals surface area contributed by atoms with E-state index in [9.17, 15) is 0 Å².